The summed E-state index contributed by atoms with van der Waals surface area (Å²) in [5, 5.41) is 1.52. The van der Waals surface area contributed by atoms with Crippen LogP contribution in [-0.2, 0) is 17.8 Å². The van der Waals surface area contributed by atoms with Gasteiger partial charge in [0.25, 0.3) is 0 Å². The van der Waals surface area contributed by atoms with Crippen molar-refractivity contribution in [1.82, 2.24) is 9.88 Å². The number of benzene rings is 1. The molecule has 0 fully saturated rings. The smallest absolute Gasteiger partial charge is 0.410 e. The topological polar surface area (TPSA) is 51.7 Å². The van der Waals surface area contributed by atoms with Crippen molar-refractivity contribution in [3.05, 3.63) is 33.4 Å². The third-order valence-electron chi connectivity index (χ3n) is 3.79. The Morgan fingerprint density at radius 1 is 1.25 bits per heavy atom. The largest absolute Gasteiger partial charge is 0.495 e. The molecule has 3 rings (SSSR count). The lowest BCUT2D eigenvalue weighted by Gasteiger charge is -2.24. The summed E-state index contributed by atoms with van der Waals surface area (Å²) in [6.45, 7) is 6.42. The summed E-state index contributed by atoms with van der Waals surface area (Å²) in [7, 11) is 1.53. The molecule has 2 heterocycles. The van der Waals surface area contributed by atoms with Crippen LogP contribution in [0.4, 0.5) is 4.79 Å². The third kappa shape index (κ3) is 2.98. The first-order valence-corrected chi connectivity index (χ1v) is 8.27. The van der Waals surface area contributed by atoms with Crippen molar-refractivity contribution in [3.63, 3.8) is 0 Å². The maximum absolute atomic E-state index is 12.3. The number of methoxy groups -OCH3 is 1. The summed E-state index contributed by atoms with van der Waals surface area (Å²) in [4.78, 5) is 18.4. The van der Waals surface area contributed by atoms with Gasteiger partial charge in [0.05, 0.1) is 30.7 Å². The highest BCUT2D eigenvalue weighted by Crippen LogP contribution is 2.41. The van der Waals surface area contributed by atoms with Gasteiger partial charge in [-0.3, -0.25) is 9.88 Å². The third-order valence-corrected chi connectivity index (χ3v) is 4.63. The molecular formula is C17H18Cl2N2O3. The molecule has 1 amide bonds. The molecular weight excluding hydrogens is 351 g/mol. The Morgan fingerprint density at radius 3 is 2.58 bits per heavy atom. The molecule has 7 heteroatoms. The Labute approximate surface area is 150 Å². The highest BCUT2D eigenvalue weighted by molar-refractivity contribution is 6.46. The van der Waals surface area contributed by atoms with Gasteiger partial charge in [0.15, 0.2) is 0 Å². The van der Waals surface area contributed by atoms with Crippen molar-refractivity contribution < 1.29 is 14.3 Å². The summed E-state index contributed by atoms with van der Waals surface area (Å²) in [5.41, 5.74) is 2.02. The van der Waals surface area contributed by atoms with E-state index in [4.69, 9.17) is 32.7 Å². The van der Waals surface area contributed by atoms with E-state index in [0.717, 1.165) is 16.5 Å². The summed E-state index contributed by atoms with van der Waals surface area (Å²) in [5.74, 6) is 0.486. The van der Waals surface area contributed by atoms with Crippen LogP contribution in [0.25, 0.3) is 10.9 Å². The molecule has 5 nitrogen and oxygen atoms in total. The van der Waals surface area contributed by atoms with E-state index in [1.807, 2.05) is 26.8 Å². The standard InChI is InChI=1S/C17H18Cl2N2O3/c1-17(2,3)24-16(22)21-7-9-6-20-15-10(11(9)8-21)5-12(23-4)13(18)14(15)19/h5-6H,7-8H2,1-4H3. The average molecular weight is 369 g/mol. The van der Waals surface area contributed by atoms with Gasteiger partial charge >= 0.3 is 6.09 Å². The molecule has 0 saturated carbocycles. The average Bonchev–Trinajstić information content (AvgIpc) is 2.93. The molecule has 0 N–H and O–H groups in total. The van der Waals surface area contributed by atoms with Gasteiger partial charge < -0.3 is 9.47 Å². The SMILES string of the molecule is COc1cc2c3c(cnc2c(Cl)c1Cl)CN(C(=O)OC(C)(C)C)C3. The van der Waals surface area contributed by atoms with Crippen LogP contribution >= 0.6 is 23.2 Å². The number of halogens is 2. The molecule has 1 aliphatic rings. The second-order valence-electron chi connectivity index (χ2n) is 6.70. The van der Waals surface area contributed by atoms with Crippen LogP contribution in [0.5, 0.6) is 5.75 Å². The fraction of sp³-hybridized carbons (Fsp3) is 0.412. The molecule has 0 spiro atoms. The van der Waals surface area contributed by atoms with Crippen LogP contribution in [0.2, 0.25) is 10.0 Å². The zero-order valence-electron chi connectivity index (χ0n) is 13.9. The van der Waals surface area contributed by atoms with E-state index >= 15 is 0 Å². The summed E-state index contributed by atoms with van der Waals surface area (Å²) in [6, 6.07) is 1.81. The Bertz CT molecular complexity index is 831. The first kappa shape index (κ1) is 17.1. The lowest BCUT2D eigenvalue weighted by atomic mass is 10.1. The first-order chi connectivity index (χ1) is 11.2. The van der Waals surface area contributed by atoms with Gasteiger partial charge in [0.2, 0.25) is 0 Å². The zero-order chi connectivity index (χ0) is 17.6. The number of rotatable bonds is 1. The first-order valence-electron chi connectivity index (χ1n) is 7.51. The molecule has 0 unspecified atom stereocenters. The van der Waals surface area contributed by atoms with Crippen LogP contribution in [0, 0.1) is 0 Å². The maximum Gasteiger partial charge on any atom is 0.410 e. The molecule has 1 aromatic carbocycles. The number of fused-ring (bicyclic) bond motifs is 3. The molecule has 1 aromatic heterocycles. The number of nitrogens with zero attached hydrogens (tertiary/aromatic N) is 2. The van der Waals surface area contributed by atoms with Gasteiger partial charge in [-0.15, -0.1) is 0 Å². The van der Waals surface area contributed by atoms with Crippen LogP contribution < -0.4 is 4.74 Å². The van der Waals surface area contributed by atoms with E-state index in [1.54, 1.807) is 11.1 Å². The summed E-state index contributed by atoms with van der Waals surface area (Å²) < 4.78 is 10.7. The number of carbonyl (C=O) groups excluding carboxylic acids is 1. The highest BCUT2D eigenvalue weighted by atomic mass is 35.5. The summed E-state index contributed by atoms with van der Waals surface area (Å²) >= 11 is 12.5. The van der Waals surface area contributed by atoms with Crippen molar-refractivity contribution in [2.45, 2.75) is 39.5 Å². The molecule has 0 saturated heterocycles. The van der Waals surface area contributed by atoms with E-state index in [9.17, 15) is 4.79 Å². The van der Waals surface area contributed by atoms with Gasteiger partial charge in [0.1, 0.15) is 16.4 Å². The minimum atomic E-state index is -0.535. The van der Waals surface area contributed by atoms with Crippen LogP contribution in [0.3, 0.4) is 0 Å². The van der Waals surface area contributed by atoms with Crippen LogP contribution in [0.15, 0.2) is 12.3 Å². The van der Waals surface area contributed by atoms with Crippen molar-refractivity contribution in [2.24, 2.45) is 0 Å². The van der Waals surface area contributed by atoms with E-state index in [0.29, 0.717) is 34.4 Å². The Hall–Kier alpha value is -1.72. The molecule has 1 aliphatic heterocycles. The monoisotopic (exact) mass is 368 g/mol. The van der Waals surface area contributed by atoms with Gasteiger partial charge in [-0.1, -0.05) is 23.2 Å². The highest BCUT2D eigenvalue weighted by Gasteiger charge is 2.30. The van der Waals surface area contributed by atoms with Gasteiger partial charge in [-0.05, 0) is 38.0 Å². The van der Waals surface area contributed by atoms with Crippen molar-refractivity contribution >= 4 is 40.2 Å². The molecule has 0 bridgehead atoms. The quantitative estimate of drug-likeness (QED) is 0.725. The minimum Gasteiger partial charge on any atom is -0.495 e. The van der Waals surface area contributed by atoms with E-state index in [2.05, 4.69) is 4.98 Å². The van der Waals surface area contributed by atoms with Crippen LogP contribution in [0.1, 0.15) is 31.9 Å². The van der Waals surface area contributed by atoms with Gasteiger partial charge in [0, 0.05) is 11.6 Å². The number of aromatic nitrogens is 1. The number of hydrogen-bond acceptors (Lipinski definition) is 4. The maximum atomic E-state index is 12.3. The molecule has 0 aliphatic carbocycles. The summed E-state index contributed by atoms with van der Waals surface area (Å²) in [6.07, 6.45) is 1.38. The number of amides is 1. The van der Waals surface area contributed by atoms with Gasteiger partial charge in [-0.25, -0.2) is 4.79 Å². The Kier molecular flexibility index (Phi) is 4.26. The van der Waals surface area contributed by atoms with Crippen LogP contribution in [-0.4, -0.2) is 28.7 Å². The van der Waals surface area contributed by atoms with Crippen molar-refractivity contribution in [3.8, 4) is 5.75 Å². The lowest BCUT2D eigenvalue weighted by Crippen LogP contribution is -2.33. The Morgan fingerprint density at radius 2 is 1.96 bits per heavy atom. The number of hydrogen-bond donors (Lipinski definition) is 0. The number of carbonyl (C=O) groups is 1. The van der Waals surface area contributed by atoms with Crippen molar-refractivity contribution in [1.29, 1.82) is 0 Å². The predicted octanol–water partition coefficient (Wildman–Crippen LogP) is 4.80. The van der Waals surface area contributed by atoms with Gasteiger partial charge in [-0.2, -0.15) is 0 Å². The fourth-order valence-electron chi connectivity index (χ4n) is 2.72. The molecule has 0 radical (unpaired) electrons. The fourth-order valence-corrected chi connectivity index (χ4v) is 3.19. The lowest BCUT2D eigenvalue weighted by molar-refractivity contribution is 0.0242. The van der Waals surface area contributed by atoms with E-state index in [-0.39, 0.29) is 6.09 Å². The molecule has 0 atom stereocenters. The zero-order valence-corrected chi connectivity index (χ0v) is 15.5. The number of pyridine rings is 1. The second-order valence-corrected chi connectivity index (χ2v) is 7.46. The molecule has 24 heavy (non-hydrogen) atoms. The minimum absolute atomic E-state index is 0.334. The number of ether oxygens (including phenoxy) is 2. The Balaban J connectivity index is 2.02. The molecule has 128 valence electrons. The van der Waals surface area contributed by atoms with E-state index in [1.165, 1.54) is 7.11 Å². The van der Waals surface area contributed by atoms with Crippen molar-refractivity contribution in [2.75, 3.05) is 7.11 Å². The predicted molar refractivity (Wildman–Crippen MR) is 93.8 cm³/mol. The van der Waals surface area contributed by atoms with E-state index < -0.39 is 5.60 Å². The molecule has 2 aromatic rings. The second kappa shape index (κ2) is 5.97. The normalized spacial score (nSPS) is 14.0.